The Morgan fingerprint density at radius 3 is 2.57 bits per heavy atom. The Morgan fingerprint density at radius 1 is 1.21 bits per heavy atom. The topological polar surface area (TPSA) is 42.2 Å². The molecule has 0 bridgehead atoms. The third kappa shape index (κ3) is 1.50. The maximum Gasteiger partial charge on any atom is 0.202 e. The van der Waals surface area contributed by atoms with Crippen LogP contribution in [0.1, 0.15) is 5.56 Å². The van der Waals surface area contributed by atoms with Gasteiger partial charge in [0.15, 0.2) is 0 Å². The van der Waals surface area contributed by atoms with Gasteiger partial charge in [-0.3, -0.25) is 0 Å². The lowest BCUT2D eigenvalue weighted by molar-refractivity contribution is -0.131. The van der Waals surface area contributed by atoms with Gasteiger partial charge in [-0.1, -0.05) is 30.3 Å². The van der Waals surface area contributed by atoms with Crippen LogP contribution < -0.4 is 0 Å². The number of hydrogen-bond acceptors (Lipinski definition) is 3. The van der Waals surface area contributed by atoms with Crippen molar-refractivity contribution in [3.63, 3.8) is 0 Å². The summed E-state index contributed by atoms with van der Waals surface area (Å²) in [6.45, 7) is 1.35. The van der Waals surface area contributed by atoms with Gasteiger partial charge in [-0.15, -0.1) is 0 Å². The number of benzene rings is 1. The van der Waals surface area contributed by atoms with Crippen LogP contribution in [-0.4, -0.2) is 19.8 Å². The van der Waals surface area contributed by atoms with Gasteiger partial charge in [0.25, 0.3) is 0 Å². The van der Waals surface area contributed by atoms with Gasteiger partial charge in [-0.25, -0.2) is 0 Å². The molecule has 1 fully saturated rings. The second-order valence-electron chi connectivity index (χ2n) is 3.21. The Morgan fingerprint density at radius 2 is 2.00 bits per heavy atom. The molecular weight excluding hydrogens is 178 g/mol. The first-order valence-corrected chi connectivity index (χ1v) is 4.56. The van der Waals surface area contributed by atoms with E-state index in [9.17, 15) is 0 Å². The van der Waals surface area contributed by atoms with Gasteiger partial charge in [-0.2, -0.15) is 5.26 Å². The summed E-state index contributed by atoms with van der Waals surface area (Å²) in [7, 11) is 0. The second-order valence-corrected chi connectivity index (χ2v) is 3.21. The zero-order valence-corrected chi connectivity index (χ0v) is 7.77. The van der Waals surface area contributed by atoms with Crippen molar-refractivity contribution < 1.29 is 9.47 Å². The van der Waals surface area contributed by atoms with Gasteiger partial charge in [0.2, 0.25) is 5.60 Å². The molecule has 14 heavy (non-hydrogen) atoms. The van der Waals surface area contributed by atoms with E-state index in [1.54, 1.807) is 0 Å². The first kappa shape index (κ1) is 9.20. The van der Waals surface area contributed by atoms with Gasteiger partial charge in [0.05, 0.1) is 19.8 Å². The van der Waals surface area contributed by atoms with E-state index in [0.29, 0.717) is 19.8 Å². The fourth-order valence-electron chi connectivity index (χ4n) is 1.54. The zero-order chi connectivity index (χ0) is 9.86. The van der Waals surface area contributed by atoms with Gasteiger partial charge < -0.3 is 9.47 Å². The van der Waals surface area contributed by atoms with Crippen molar-refractivity contribution in [1.29, 1.82) is 5.26 Å². The summed E-state index contributed by atoms with van der Waals surface area (Å²) in [4.78, 5) is 0. The Kier molecular flexibility index (Phi) is 2.49. The molecule has 0 aliphatic carbocycles. The standard InChI is InChI=1S/C11H11NO2/c12-8-11(9-13-6-7-14-11)10-4-2-1-3-5-10/h1-5H,6-7,9H2. The molecule has 0 N–H and O–H groups in total. The SMILES string of the molecule is N#CC1(c2ccccc2)COCCO1. The summed E-state index contributed by atoms with van der Waals surface area (Å²) in [6.07, 6.45) is 0. The molecule has 0 spiro atoms. The predicted molar refractivity (Wildman–Crippen MR) is 50.5 cm³/mol. The van der Waals surface area contributed by atoms with Crippen molar-refractivity contribution in [2.75, 3.05) is 19.8 Å². The molecule has 1 saturated heterocycles. The van der Waals surface area contributed by atoms with Crippen LogP contribution in [0.25, 0.3) is 0 Å². The molecule has 1 aromatic rings. The fourth-order valence-corrected chi connectivity index (χ4v) is 1.54. The number of nitrogens with zero attached hydrogens (tertiary/aromatic N) is 1. The molecule has 1 aliphatic rings. The third-order valence-electron chi connectivity index (χ3n) is 2.30. The third-order valence-corrected chi connectivity index (χ3v) is 2.30. The summed E-state index contributed by atoms with van der Waals surface area (Å²) in [6, 6.07) is 11.7. The lowest BCUT2D eigenvalue weighted by atomic mass is 9.95. The average Bonchev–Trinajstić information content (AvgIpc) is 2.31. The molecule has 1 unspecified atom stereocenters. The minimum atomic E-state index is -0.903. The number of ether oxygens (including phenoxy) is 2. The van der Waals surface area contributed by atoms with Crippen LogP contribution in [0, 0.1) is 11.3 Å². The smallest absolute Gasteiger partial charge is 0.202 e. The largest absolute Gasteiger partial charge is 0.375 e. The van der Waals surface area contributed by atoms with Crippen LogP contribution in [0.3, 0.4) is 0 Å². The van der Waals surface area contributed by atoms with E-state index in [4.69, 9.17) is 14.7 Å². The van der Waals surface area contributed by atoms with Crippen molar-refractivity contribution in [3.8, 4) is 6.07 Å². The highest BCUT2D eigenvalue weighted by Gasteiger charge is 2.36. The number of rotatable bonds is 1. The van der Waals surface area contributed by atoms with Crippen LogP contribution in [0.5, 0.6) is 0 Å². The molecule has 0 radical (unpaired) electrons. The summed E-state index contributed by atoms with van der Waals surface area (Å²) < 4.78 is 10.8. The summed E-state index contributed by atoms with van der Waals surface area (Å²) in [5, 5.41) is 9.14. The quantitative estimate of drug-likeness (QED) is 0.671. The predicted octanol–water partition coefficient (Wildman–Crippen LogP) is 1.45. The maximum atomic E-state index is 9.14. The maximum absolute atomic E-state index is 9.14. The molecule has 1 aromatic carbocycles. The van der Waals surface area contributed by atoms with Crippen molar-refractivity contribution >= 4 is 0 Å². The van der Waals surface area contributed by atoms with E-state index in [1.165, 1.54) is 0 Å². The Balaban J connectivity index is 2.33. The highest BCUT2D eigenvalue weighted by molar-refractivity contribution is 5.29. The van der Waals surface area contributed by atoms with Gasteiger partial charge in [-0.05, 0) is 0 Å². The molecule has 1 heterocycles. The molecule has 0 saturated carbocycles. The number of nitriles is 1. The monoisotopic (exact) mass is 189 g/mol. The number of hydrogen-bond donors (Lipinski definition) is 0. The second kappa shape index (κ2) is 3.79. The van der Waals surface area contributed by atoms with E-state index in [1.807, 2.05) is 30.3 Å². The van der Waals surface area contributed by atoms with Crippen molar-refractivity contribution in [2.24, 2.45) is 0 Å². The molecule has 2 rings (SSSR count). The van der Waals surface area contributed by atoms with Crippen molar-refractivity contribution in [1.82, 2.24) is 0 Å². The summed E-state index contributed by atoms with van der Waals surface area (Å²) >= 11 is 0. The Hall–Kier alpha value is -1.37. The van der Waals surface area contributed by atoms with Crippen LogP contribution in [0.2, 0.25) is 0 Å². The molecule has 0 aromatic heterocycles. The van der Waals surface area contributed by atoms with Crippen molar-refractivity contribution in [3.05, 3.63) is 35.9 Å². The lowest BCUT2D eigenvalue weighted by Gasteiger charge is -2.31. The lowest BCUT2D eigenvalue weighted by Crippen LogP contribution is -2.39. The van der Waals surface area contributed by atoms with Crippen LogP contribution in [0.4, 0.5) is 0 Å². The van der Waals surface area contributed by atoms with E-state index in [0.717, 1.165) is 5.56 Å². The molecule has 1 aliphatic heterocycles. The Bertz CT molecular complexity index is 336. The summed E-state index contributed by atoms with van der Waals surface area (Å²) in [5.41, 5.74) is -0.0401. The average molecular weight is 189 g/mol. The van der Waals surface area contributed by atoms with Gasteiger partial charge >= 0.3 is 0 Å². The minimum Gasteiger partial charge on any atom is -0.375 e. The van der Waals surface area contributed by atoms with Gasteiger partial charge in [0.1, 0.15) is 6.07 Å². The molecule has 3 nitrogen and oxygen atoms in total. The molecule has 72 valence electrons. The van der Waals surface area contributed by atoms with Crippen molar-refractivity contribution in [2.45, 2.75) is 5.60 Å². The molecule has 1 atom stereocenters. The van der Waals surface area contributed by atoms with Crippen LogP contribution in [-0.2, 0) is 15.1 Å². The van der Waals surface area contributed by atoms with Crippen LogP contribution >= 0.6 is 0 Å². The molecule has 3 heteroatoms. The first-order chi connectivity index (χ1) is 6.87. The fraction of sp³-hybridized carbons (Fsp3) is 0.364. The highest BCUT2D eigenvalue weighted by atomic mass is 16.6. The van der Waals surface area contributed by atoms with Gasteiger partial charge in [0, 0.05) is 5.56 Å². The van der Waals surface area contributed by atoms with E-state index < -0.39 is 5.60 Å². The molecule has 0 amide bonds. The Labute approximate surface area is 82.9 Å². The van der Waals surface area contributed by atoms with E-state index in [-0.39, 0.29) is 0 Å². The summed E-state index contributed by atoms with van der Waals surface area (Å²) in [5.74, 6) is 0. The molecular formula is C11H11NO2. The first-order valence-electron chi connectivity index (χ1n) is 4.56. The van der Waals surface area contributed by atoms with Crippen LogP contribution in [0.15, 0.2) is 30.3 Å². The minimum absolute atomic E-state index is 0.313. The van der Waals surface area contributed by atoms with E-state index >= 15 is 0 Å². The van der Waals surface area contributed by atoms with E-state index in [2.05, 4.69) is 6.07 Å². The normalized spacial score (nSPS) is 26.8. The highest BCUT2D eigenvalue weighted by Crippen LogP contribution is 2.27. The zero-order valence-electron chi connectivity index (χ0n) is 7.77.